The Labute approximate surface area is 93.9 Å². The normalized spacial score (nSPS) is 10.4. The van der Waals surface area contributed by atoms with E-state index in [0.29, 0.717) is 17.9 Å². The van der Waals surface area contributed by atoms with Gasteiger partial charge in [0, 0.05) is 12.1 Å². The van der Waals surface area contributed by atoms with E-state index < -0.39 is 0 Å². The van der Waals surface area contributed by atoms with E-state index in [4.69, 9.17) is 0 Å². The van der Waals surface area contributed by atoms with Crippen LogP contribution in [0, 0.1) is 6.92 Å². The molecule has 2 aromatic rings. The number of rotatable bonds is 3. The Kier molecular flexibility index (Phi) is 2.81. The third-order valence-corrected chi connectivity index (χ3v) is 2.51. The lowest BCUT2D eigenvalue weighted by atomic mass is 10.1. The first-order valence-electron chi connectivity index (χ1n) is 5.22. The lowest BCUT2D eigenvalue weighted by Gasteiger charge is -1.99. The Morgan fingerprint density at radius 2 is 2.00 bits per heavy atom. The average Bonchev–Trinajstić information content (AvgIpc) is 2.72. The fourth-order valence-corrected chi connectivity index (χ4v) is 1.59. The average molecular weight is 215 g/mol. The summed E-state index contributed by atoms with van der Waals surface area (Å²) in [6.07, 6.45) is 0.804. The molecule has 0 amide bonds. The zero-order chi connectivity index (χ0) is 11.5. The van der Waals surface area contributed by atoms with Gasteiger partial charge < -0.3 is 0 Å². The van der Waals surface area contributed by atoms with Crippen LogP contribution in [0.25, 0.3) is 11.3 Å². The molecule has 0 N–H and O–H groups in total. The number of hydrogen-bond donors (Lipinski definition) is 0. The van der Waals surface area contributed by atoms with E-state index in [1.165, 1.54) is 5.56 Å². The van der Waals surface area contributed by atoms with Gasteiger partial charge in [-0.05, 0) is 13.8 Å². The zero-order valence-electron chi connectivity index (χ0n) is 9.34. The first-order valence-corrected chi connectivity index (χ1v) is 5.22. The molecule has 0 saturated heterocycles. The molecule has 0 bridgehead atoms. The second kappa shape index (κ2) is 4.26. The van der Waals surface area contributed by atoms with Gasteiger partial charge in [-0.1, -0.05) is 35.0 Å². The molecule has 0 fully saturated rings. The van der Waals surface area contributed by atoms with Crippen molar-refractivity contribution in [3.05, 3.63) is 35.5 Å². The van der Waals surface area contributed by atoms with E-state index in [0.717, 1.165) is 11.8 Å². The number of benzene rings is 1. The first kappa shape index (κ1) is 10.5. The number of aldehydes is 1. The largest absolute Gasteiger partial charge is 0.296 e. The van der Waals surface area contributed by atoms with Crippen LogP contribution in [-0.2, 0) is 6.54 Å². The van der Waals surface area contributed by atoms with Crippen LogP contribution in [0.2, 0.25) is 0 Å². The second-order valence-corrected chi connectivity index (χ2v) is 3.62. The van der Waals surface area contributed by atoms with Crippen LogP contribution in [0.15, 0.2) is 24.3 Å². The second-order valence-electron chi connectivity index (χ2n) is 3.62. The monoisotopic (exact) mass is 215 g/mol. The molecule has 82 valence electrons. The fraction of sp³-hybridized carbons (Fsp3) is 0.250. The van der Waals surface area contributed by atoms with Crippen LogP contribution < -0.4 is 0 Å². The van der Waals surface area contributed by atoms with Crippen molar-refractivity contribution in [2.45, 2.75) is 20.4 Å². The molecule has 0 saturated carbocycles. The highest BCUT2D eigenvalue weighted by Crippen LogP contribution is 2.20. The van der Waals surface area contributed by atoms with Crippen LogP contribution >= 0.6 is 0 Å². The predicted octanol–water partition coefficient (Wildman–Crippen LogP) is 2.09. The quantitative estimate of drug-likeness (QED) is 0.736. The fourth-order valence-electron chi connectivity index (χ4n) is 1.59. The number of carbonyl (C=O) groups is 1. The number of aryl methyl sites for hydroxylation is 2. The number of carbonyl (C=O) groups excluding carboxylic acids is 1. The summed E-state index contributed by atoms with van der Waals surface area (Å²) < 4.78 is 1.60. The maximum absolute atomic E-state index is 11.0. The molecule has 1 heterocycles. The maximum atomic E-state index is 11.0. The van der Waals surface area contributed by atoms with Gasteiger partial charge in [-0.15, -0.1) is 5.10 Å². The molecule has 4 nitrogen and oxygen atoms in total. The first-order chi connectivity index (χ1) is 7.76. The standard InChI is InChI=1S/C12H13N3O/c1-3-15-11(8-16)12(13-14-15)10-6-4-9(2)5-7-10/h4-8H,3H2,1-2H3. The van der Waals surface area contributed by atoms with Crippen LogP contribution in [0.3, 0.4) is 0 Å². The molecule has 0 unspecified atom stereocenters. The minimum atomic E-state index is 0.534. The van der Waals surface area contributed by atoms with Crippen LogP contribution in [0.4, 0.5) is 0 Å². The van der Waals surface area contributed by atoms with Crippen molar-refractivity contribution >= 4 is 6.29 Å². The number of aromatic nitrogens is 3. The Bertz CT molecular complexity index is 499. The van der Waals surface area contributed by atoms with Crippen LogP contribution in [0.1, 0.15) is 23.0 Å². The van der Waals surface area contributed by atoms with Gasteiger partial charge in [0.1, 0.15) is 11.4 Å². The molecular weight excluding hydrogens is 202 g/mol. The molecule has 0 spiro atoms. The van der Waals surface area contributed by atoms with E-state index in [1.807, 2.05) is 38.1 Å². The molecule has 0 aliphatic rings. The van der Waals surface area contributed by atoms with Crippen molar-refractivity contribution in [2.24, 2.45) is 0 Å². The van der Waals surface area contributed by atoms with E-state index in [2.05, 4.69) is 10.3 Å². The van der Waals surface area contributed by atoms with Gasteiger partial charge in [-0.2, -0.15) is 0 Å². The topological polar surface area (TPSA) is 47.8 Å². The minimum absolute atomic E-state index is 0.534. The molecule has 0 radical (unpaired) electrons. The Morgan fingerprint density at radius 3 is 2.56 bits per heavy atom. The van der Waals surface area contributed by atoms with Gasteiger partial charge in [-0.3, -0.25) is 4.79 Å². The van der Waals surface area contributed by atoms with E-state index in [-0.39, 0.29) is 0 Å². The third kappa shape index (κ3) is 1.74. The lowest BCUT2D eigenvalue weighted by molar-refractivity contribution is 0.111. The zero-order valence-corrected chi connectivity index (χ0v) is 9.34. The van der Waals surface area contributed by atoms with Crippen molar-refractivity contribution in [3.8, 4) is 11.3 Å². The van der Waals surface area contributed by atoms with Crippen LogP contribution in [0.5, 0.6) is 0 Å². The molecule has 0 aliphatic carbocycles. The molecule has 4 heteroatoms. The lowest BCUT2D eigenvalue weighted by Crippen LogP contribution is -2.01. The summed E-state index contributed by atoms with van der Waals surface area (Å²) in [6, 6.07) is 7.89. The summed E-state index contributed by atoms with van der Waals surface area (Å²) in [7, 11) is 0. The summed E-state index contributed by atoms with van der Waals surface area (Å²) in [5, 5.41) is 7.98. The predicted molar refractivity (Wildman–Crippen MR) is 61.3 cm³/mol. The van der Waals surface area contributed by atoms with E-state index in [9.17, 15) is 4.79 Å². The van der Waals surface area contributed by atoms with Crippen molar-refractivity contribution in [1.29, 1.82) is 0 Å². The van der Waals surface area contributed by atoms with Gasteiger partial charge in [0.15, 0.2) is 6.29 Å². The van der Waals surface area contributed by atoms with Crippen molar-refractivity contribution < 1.29 is 4.79 Å². The number of hydrogen-bond acceptors (Lipinski definition) is 3. The van der Waals surface area contributed by atoms with Crippen LogP contribution in [-0.4, -0.2) is 21.3 Å². The summed E-state index contributed by atoms with van der Waals surface area (Å²) in [5.41, 5.74) is 3.29. The molecule has 0 atom stereocenters. The summed E-state index contributed by atoms with van der Waals surface area (Å²) >= 11 is 0. The Morgan fingerprint density at radius 1 is 1.31 bits per heavy atom. The van der Waals surface area contributed by atoms with Gasteiger partial charge in [0.2, 0.25) is 0 Å². The van der Waals surface area contributed by atoms with Gasteiger partial charge in [0.25, 0.3) is 0 Å². The van der Waals surface area contributed by atoms with Gasteiger partial charge in [0.05, 0.1) is 0 Å². The summed E-state index contributed by atoms with van der Waals surface area (Å²) in [5.74, 6) is 0. The highest BCUT2D eigenvalue weighted by Gasteiger charge is 2.12. The minimum Gasteiger partial charge on any atom is -0.296 e. The molecule has 0 aliphatic heterocycles. The van der Waals surface area contributed by atoms with Gasteiger partial charge >= 0.3 is 0 Å². The van der Waals surface area contributed by atoms with Gasteiger partial charge in [-0.25, -0.2) is 4.68 Å². The highest BCUT2D eigenvalue weighted by molar-refractivity contribution is 5.83. The molecular formula is C12H13N3O. The maximum Gasteiger partial charge on any atom is 0.170 e. The van der Waals surface area contributed by atoms with E-state index >= 15 is 0 Å². The molecule has 1 aromatic heterocycles. The van der Waals surface area contributed by atoms with Crippen molar-refractivity contribution in [1.82, 2.24) is 15.0 Å². The SMILES string of the molecule is CCn1nnc(-c2ccc(C)cc2)c1C=O. The van der Waals surface area contributed by atoms with Crippen molar-refractivity contribution in [3.63, 3.8) is 0 Å². The number of nitrogens with zero attached hydrogens (tertiary/aromatic N) is 3. The summed E-state index contributed by atoms with van der Waals surface area (Å²) in [4.78, 5) is 11.0. The smallest absolute Gasteiger partial charge is 0.170 e. The Balaban J connectivity index is 2.51. The Hall–Kier alpha value is -1.97. The highest BCUT2D eigenvalue weighted by atomic mass is 16.1. The summed E-state index contributed by atoms with van der Waals surface area (Å²) in [6.45, 7) is 4.60. The molecule has 2 rings (SSSR count). The third-order valence-electron chi connectivity index (χ3n) is 2.51. The van der Waals surface area contributed by atoms with E-state index in [1.54, 1.807) is 4.68 Å². The van der Waals surface area contributed by atoms with Crippen molar-refractivity contribution in [2.75, 3.05) is 0 Å². The molecule has 1 aromatic carbocycles. The molecule has 16 heavy (non-hydrogen) atoms.